The van der Waals surface area contributed by atoms with Crippen molar-refractivity contribution < 1.29 is 188 Å². The molecule has 0 saturated carbocycles. The van der Waals surface area contributed by atoms with Crippen LogP contribution in [0.15, 0.2) is 45.5 Å². The van der Waals surface area contributed by atoms with E-state index in [1.165, 1.54) is 17.8 Å². The number of ether oxygens (including phenoxy) is 9. The molecule has 7 saturated heterocycles. The first-order valence-corrected chi connectivity index (χ1v) is 38.6. The minimum atomic E-state index is -5.70. The lowest BCUT2D eigenvalue weighted by Crippen LogP contribution is -2.62. The van der Waals surface area contributed by atoms with Crippen LogP contribution >= 0.6 is 31.3 Å². The zero-order chi connectivity index (χ0) is 79.4. The Labute approximate surface area is 609 Å². The van der Waals surface area contributed by atoms with Crippen molar-refractivity contribution in [1.82, 2.24) is 38.6 Å². The zero-order valence-corrected chi connectivity index (χ0v) is 59.8. The fourth-order valence-electron chi connectivity index (χ4n) is 12.7. The number of hydrogen-bond donors (Lipinski definition) is 21. The van der Waals surface area contributed by atoms with Crippen molar-refractivity contribution >= 4 is 54.1 Å². The predicted molar refractivity (Wildman–Crippen MR) is 341 cm³/mol. The monoisotopic (exact) mass is 1650 g/mol. The van der Waals surface area contributed by atoms with Gasteiger partial charge in [0.15, 0.2) is 24.0 Å². The molecule has 56 heteroatoms. The lowest BCUT2D eigenvalue weighted by Gasteiger charge is -2.43. The van der Waals surface area contributed by atoms with E-state index in [9.17, 15) is 124 Å². The van der Waals surface area contributed by atoms with E-state index in [1.807, 2.05) is 4.98 Å². The number of aliphatic hydroxyl groups is 14. The highest BCUT2D eigenvalue weighted by molar-refractivity contribution is 7.48. The Morgan fingerprint density at radius 1 is 0.532 bits per heavy atom. The molecule has 0 bridgehead atoms. The fourth-order valence-corrected chi connectivity index (χ4v) is 16.6. The number of H-pyrrole nitrogens is 1. The van der Waals surface area contributed by atoms with Gasteiger partial charge in [0.05, 0.1) is 52.6 Å². The van der Waals surface area contributed by atoms with E-state index in [0.717, 1.165) is 33.9 Å². The van der Waals surface area contributed by atoms with Crippen molar-refractivity contribution in [2.45, 2.75) is 191 Å². The van der Waals surface area contributed by atoms with Gasteiger partial charge < -0.3 is 145 Å². The van der Waals surface area contributed by atoms with Crippen LogP contribution in [0, 0.1) is 6.92 Å². The number of aromatic amines is 1. The average Bonchev–Trinajstić information content (AvgIpc) is 1.64. The molecule has 0 aromatic carbocycles. The van der Waals surface area contributed by atoms with E-state index in [1.54, 1.807) is 0 Å². The van der Waals surface area contributed by atoms with Crippen molar-refractivity contribution in [3.63, 3.8) is 0 Å². The van der Waals surface area contributed by atoms with Crippen LogP contribution in [0.5, 0.6) is 0 Å². The first kappa shape index (κ1) is 85.1. The molecule has 11 heterocycles. The number of hydrogen-bond acceptors (Lipinski definition) is 44. The van der Waals surface area contributed by atoms with Crippen LogP contribution in [-0.2, 0) is 97.1 Å². The van der Waals surface area contributed by atoms with Crippen LogP contribution in [0.3, 0.4) is 0 Å². The van der Waals surface area contributed by atoms with Gasteiger partial charge in [0.1, 0.15) is 172 Å². The second-order valence-electron chi connectivity index (χ2n) is 25.7. The molecule has 52 nitrogen and oxygen atoms in total. The second-order valence-corrected chi connectivity index (χ2v) is 31.3. The van der Waals surface area contributed by atoms with Gasteiger partial charge in [0.25, 0.3) is 5.56 Å². The van der Waals surface area contributed by atoms with Crippen molar-refractivity contribution in [3.8, 4) is 0 Å². The molecule has 4 aromatic heterocycles. The summed E-state index contributed by atoms with van der Waals surface area (Å²) in [5.74, 6) is -5.94. The number of nitrogen functional groups attached to an aromatic ring is 2. The third kappa shape index (κ3) is 18.5. The smallest absolute Gasteiger partial charge is 0.394 e. The molecule has 4 unspecified atom stereocenters. The maximum Gasteiger partial charge on any atom is 0.472 e. The topological polar surface area (TPSA) is 775 Å². The highest BCUT2D eigenvalue weighted by Crippen LogP contribution is 2.56. The molecule has 23 N–H and O–H groups in total. The third-order valence-corrected chi connectivity index (χ3v) is 22.5. The van der Waals surface area contributed by atoms with Gasteiger partial charge in [-0.05, 0) is 13.0 Å². The van der Waals surface area contributed by atoms with E-state index in [4.69, 9.17) is 90.3 Å². The Bertz CT molecular complexity index is 4210. The molecular formula is C53H80N10O42P4. The molecule has 7 aliphatic heterocycles. The second kappa shape index (κ2) is 34.0. The molecule has 109 heavy (non-hydrogen) atoms. The number of nitrogens with two attached hydrogens (primary N) is 2. The molecule has 0 aliphatic carbocycles. The average molecular weight is 1650 g/mol. The van der Waals surface area contributed by atoms with E-state index in [0.29, 0.717) is 0 Å². The zero-order valence-electron chi connectivity index (χ0n) is 56.2. The summed E-state index contributed by atoms with van der Waals surface area (Å²) in [5, 5.41) is 146. The lowest BCUT2D eigenvalue weighted by atomic mass is 9.99. The van der Waals surface area contributed by atoms with E-state index >= 15 is 0 Å². The molecule has 11 rings (SSSR count). The number of aliphatic hydroxyl groups excluding tert-OH is 14. The van der Waals surface area contributed by atoms with Gasteiger partial charge in [-0.3, -0.25) is 59.7 Å². The van der Waals surface area contributed by atoms with Gasteiger partial charge in [-0.2, -0.15) is 4.98 Å². The number of nitrogens with one attached hydrogen (secondary N) is 1. The summed E-state index contributed by atoms with van der Waals surface area (Å²) in [6.45, 7) is -9.20. The first-order valence-electron chi connectivity index (χ1n) is 32.7. The summed E-state index contributed by atoms with van der Waals surface area (Å²) in [5.41, 5.74) is 8.70. The minimum Gasteiger partial charge on any atom is -0.394 e. The molecule has 31 atom stereocenters. The summed E-state index contributed by atoms with van der Waals surface area (Å²) in [6, 6.07) is 1.15. The van der Waals surface area contributed by atoms with Crippen LogP contribution in [0.25, 0.3) is 11.2 Å². The largest absolute Gasteiger partial charge is 0.472 e. The van der Waals surface area contributed by atoms with Gasteiger partial charge in [0, 0.05) is 37.2 Å². The summed E-state index contributed by atoms with van der Waals surface area (Å²) in [6.07, 6.45) is -45.0. The van der Waals surface area contributed by atoms with E-state index < -0.39 is 292 Å². The molecule has 7 aliphatic rings. The highest BCUT2D eigenvalue weighted by atomic mass is 31.2. The summed E-state index contributed by atoms with van der Waals surface area (Å²) < 4.78 is 152. The first-order chi connectivity index (χ1) is 51.3. The fraction of sp³-hybridized carbons (Fsp3) is 0.755. The normalized spacial score (nSPS) is 39.3. The third-order valence-electron chi connectivity index (χ3n) is 18.5. The maximum atomic E-state index is 14.2. The molecule has 7 fully saturated rings. The molecule has 614 valence electrons. The van der Waals surface area contributed by atoms with Crippen LogP contribution < -0.4 is 28.4 Å². The highest BCUT2D eigenvalue weighted by Gasteiger charge is 2.63. The lowest BCUT2D eigenvalue weighted by molar-refractivity contribution is -0.383. The summed E-state index contributed by atoms with van der Waals surface area (Å²) in [4.78, 5) is 102. The van der Waals surface area contributed by atoms with Gasteiger partial charge in [-0.15, -0.1) is 0 Å². The number of rotatable bonds is 32. The molecular weight excluding hydrogens is 1570 g/mol. The Balaban J connectivity index is 0.776. The van der Waals surface area contributed by atoms with Crippen molar-refractivity contribution in [3.05, 3.63) is 68.0 Å². The van der Waals surface area contributed by atoms with E-state index in [2.05, 4.69) is 19.9 Å². The minimum absolute atomic E-state index is 0.0320. The number of nitrogens with zero attached hydrogens (tertiary/aromatic N) is 7. The van der Waals surface area contributed by atoms with Crippen molar-refractivity contribution in [2.24, 2.45) is 0 Å². The maximum absolute atomic E-state index is 14.2. The van der Waals surface area contributed by atoms with Gasteiger partial charge in [-0.25, -0.2) is 42.8 Å². The SMILES string of the molecule is Cc1cn([C@H]2C[C@H](OP(=O)(O)OC[C@H]3O[C@@H](n4ccc(N)nc4=O)C[C@@H]3OP(=O)(O)OC[C@H]3O[C@@H](n4cnc5c(N)ncnc54)C[C@@H]3OP(=O)(O)OC[C@H]3O[C@@](CO)(O[C@H]4O[C@H](CO)[C@@H](O)[C@H](O)[C@H]4O)[C@@H](O)[C@@H]3O)[C@@H](COP(=O)(O)O[C@@H]3[C@@H](CO)O[C@@](CO)(O[C@H]4O[C@H](CO)[C@@H](O)[C@H](O)[C@H]4O)[C@H]3O)O2)c(=O)[nH]c1=O. The van der Waals surface area contributed by atoms with Crippen LogP contribution in [0.4, 0.5) is 11.6 Å². The van der Waals surface area contributed by atoms with Crippen LogP contribution in [-0.4, -0.2) is 335 Å². The number of aryl methyl sites for hydroxylation is 1. The standard InChI is InChI=1S/C53H80N10O42P4/c1-19-7-62(51(80)60-47(19)78)32-5-21(27(94-32)13-91-109(87,88)105-42-25(10-66)98-53(16-68,44(42)77)101-49-41(75)39(73)36(70)24(9-65)97-49)103-107(83,84)89-11-26-20(4-31(93-26)61-3-2-30(54)59-50(61)79)102-106(81,82)90-12-28-22(6-33(95-28)63-18-58-34-45(55)56-17-57-46(34)63)104-108(85,86)92-14-29-37(71)43(76)52(15-67,99-29)100-48-40(74)38(72)35(69)23(8-64)96-48/h2-3,7,17-18,20-29,31-33,35-44,48-49,64-77H,4-6,8-16H2,1H3,(H,81,82)(H,83,84)(H,85,86)(H,87,88)(H2,54,59,79)(H2,55,56,57)(H,60,78,80)/t20-,21-,22-,23+,24+,25+,26+,27+,28+,29+,31+,32+,33+,35+,36+,37+,38-,39-,40+,41+,42+,43-,44-,48+,49+,52-,53-/m0/s1. The van der Waals surface area contributed by atoms with Crippen molar-refractivity contribution in [2.75, 3.05) is 70.9 Å². The van der Waals surface area contributed by atoms with Gasteiger partial charge >= 0.3 is 42.7 Å². The number of phosphoric ester groups is 4. The quantitative estimate of drug-likeness (QED) is 0.0202. The predicted octanol–water partition coefficient (Wildman–Crippen LogP) is -10.1. The Kier molecular flexibility index (Phi) is 26.5. The molecule has 0 spiro atoms. The number of aromatic nitrogens is 8. The number of anilines is 2. The van der Waals surface area contributed by atoms with E-state index in [-0.39, 0.29) is 28.4 Å². The molecule has 0 radical (unpaired) electrons. The number of phosphoric acid groups is 4. The van der Waals surface area contributed by atoms with Crippen LogP contribution in [0.2, 0.25) is 0 Å². The Morgan fingerprint density at radius 3 is 1.44 bits per heavy atom. The Hall–Kier alpha value is -4.77. The van der Waals surface area contributed by atoms with Crippen molar-refractivity contribution in [1.29, 1.82) is 0 Å². The summed E-state index contributed by atoms with van der Waals surface area (Å²) in [7, 11) is -22.5. The van der Waals surface area contributed by atoms with Gasteiger partial charge in [0.2, 0.25) is 11.6 Å². The van der Waals surface area contributed by atoms with Crippen LogP contribution in [0.1, 0.15) is 43.5 Å². The van der Waals surface area contributed by atoms with Gasteiger partial charge in [-0.1, -0.05) is 0 Å². The number of fused-ring (bicyclic) bond motifs is 1. The Morgan fingerprint density at radius 2 is 0.972 bits per heavy atom. The molecule has 0 amide bonds. The summed E-state index contributed by atoms with van der Waals surface area (Å²) >= 11 is 0. The number of imidazole rings is 1. The molecule has 4 aromatic rings.